The van der Waals surface area contributed by atoms with Crippen molar-refractivity contribution in [2.24, 2.45) is 4.99 Å². The smallest absolute Gasteiger partial charge is 0.335 e. The van der Waals surface area contributed by atoms with E-state index in [1.807, 2.05) is 29.6 Å². The van der Waals surface area contributed by atoms with Gasteiger partial charge in [0.2, 0.25) is 5.88 Å². The number of fused-ring (bicyclic) bond motifs is 1. The first-order chi connectivity index (χ1) is 16.5. The van der Waals surface area contributed by atoms with Crippen molar-refractivity contribution in [2.45, 2.75) is 23.5 Å². The Morgan fingerprint density at radius 2 is 1.88 bits per heavy atom. The van der Waals surface area contributed by atoms with Crippen LogP contribution in [0.5, 0.6) is 11.6 Å². The first kappa shape index (κ1) is 22.2. The lowest BCUT2D eigenvalue weighted by molar-refractivity contribution is 0.401. The number of aliphatic imine (C=N–C) groups is 1. The highest BCUT2D eigenvalue weighted by Gasteiger charge is 2.29. The highest BCUT2D eigenvalue weighted by atomic mass is 32.2. The molecule has 0 bridgehead atoms. The van der Waals surface area contributed by atoms with Gasteiger partial charge >= 0.3 is 5.69 Å². The Bertz CT molecular complexity index is 1530. The summed E-state index contributed by atoms with van der Waals surface area (Å²) >= 11 is 3.34. The molecule has 0 radical (unpaired) electrons. The topological polar surface area (TPSA) is 96.7 Å². The van der Waals surface area contributed by atoms with Crippen LogP contribution in [0.25, 0.3) is 5.69 Å². The van der Waals surface area contributed by atoms with Crippen LogP contribution in [0.4, 0.5) is 5.69 Å². The van der Waals surface area contributed by atoms with Crippen LogP contribution in [0.2, 0.25) is 0 Å². The highest BCUT2D eigenvalue weighted by molar-refractivity contribution is 7.99. The summed E-state index contributed by atoms with van der Waals surface area (Å²) in [5.41, 5.74) is 1.15. The Labute approximate surface area is 203 Å². The molecule has 5 rings (SSSR count). The molecule has 0 amide bonds. The van der Waals surface area contributed by atoms with Gasteiger partial charge in [-0.15, -0.1) is 23.1 Å². The second-order valence-corrected chi connectivity index (χ2v) is 9.96. The van der Waals surface area contributed by atoms with E-state index in [0.717, 1.165) is 9.46 Å². The second-order valence-electron chi connectivity index (χ2n) is 7.77. The number of thioether (sulfide) groups is 1. The normalized spacial score (nSPS) is 15.4. The van der Waals surface area contributed by atoms with Gasteiger partial charge < -0.3 is 9.84 Å². The van der Waals surface area contributed by atoms with E-state index < -0.39 is 17.1 Å². The quantitative estimate of drug-likeness (QED) is 0.420. The van der Waals surface area contributed by atoms with E-state index in [4.69, 9.17) is 9.73 Å². The zero-order chi connectivity index (χ0) is 23.8. The van der Waals surface area contributed by atoms with Crippen LogP contribution in [0, 0.1) is 6.92 Å². The zero-order valence-electron chi connectivity index (χ0n) is 18.4. The Morgan fingerprint density at radius 3 is 2.65 bits per heavy atom. The van der Waals surface area contributed by atoms with Gasteiger partial charge in [-0.2, -0.15) is 0 Å². The van der Waals surface area contributed by atoms with E-state index in [9.17, 15) is 14.7 Å². The van der Waals surface area contributed by atoms with Gasteiger partial charge in [0.1, 0.15) is 11.3 Å². The van der Waals surface area contributed by atoms with Crippen molar-refractivity contribution < 1.29 is 9.84 Å². The van der Waals surface area contributed by atoms with Crippen LogP contribution < -0.4 is 16.0 Å². The van der Waals surface area contributed by atoms with Gasteiger partial charge in [0, 0.05) is 21.4 Å². The summed E-state index contributed by atoms with van der Waals surface area (Å²) in [5.74, 6) is -0.0864. The number of thiophene rings is 1. The van der Waals surface area contributed by atoms with Crippen LogP contribution >= 0.6 is 23.1 Å². The van der Waals surface area contributed by atoms with Gasteiger partial charge in [-0.25, -0.2) is 9.36 Å². The Balaban J connectivity index is 1.74. The lowest BCUT2D eigenvalue weighted by Crippen LogP contribution is -2.33. The standard InChI is InChI=1S/C25H21N3O4S2/c1-14-11-12-33-22(14)20-13-16(26-15-7-3-6-10-19(15)34-20)21-23(29)27-25(31)28(24(21)30)17-8-4-5-9-18(17)32-2/h3-12,20,30H,13H2,1-2H3,(H,27,29,31)/t20-/m0/s1. The maximum absolute atomic E-state index is 13.0. The van der Waals surface area contributed by atoms with Crippen LogP contribution in [0.3, 0.4) is 0 Å². The molecule has 0 fully saturated rings. The number of H-pyrrole nitrogens is 1. The largest absolute Gasteiger partial charge is 0.495 e. The molecule has 3 heterocycles. The molecule has 0 spiro atoms. The number of benzene rings is 2. The number of rotatable bonds is 4. The number of ether oxygens (including phenoxy) is 1. The zero-order valence-corrected chi connectivity index (χ0v) is 20.1. The van der Waals surface area contributed by atoms with E-state index in [1.165, 1.54) is 17.6 Å². The maximum atomic E-state index is 13.0. The molecule has 34 heavy (non-hydrogen) atoms. The lowest BCUT2D eigenvalue weighted by Gasteiger charge is -2.17. The molecular formula is C25H21N3O4S2. The van der Waals surface area contributed by atoms with Crippen molar-refractivity contribution in [1.29, 1.82) is 0 Å². The SMILES string of the molecule is COc1ccccc1-n1c(O)c(C2=Nc3ccccc3S[C@H](c3sccc3C)C2)c(=O)[nH]c1=O. The molecule has 4 aromatic rings. The molecular weight excluding hydrogens is 470 g/mol. The number of para-hydroxylation sites is 3. The summed E-state index contributed by atoms with van der Waals surface area (Å²) in [4.78, 5) is 35.1. The number of hydrogen-bond donors (Lipinski definition) is 2. The number of nitrogens with zero attached hydrogens (tertiary/aromatic N) is 2. The van der Waals surface area contributed by atoms with Gasteiger partial charge in [0.25, 0.3) is 5.56 Å². The highest BCUT2D eigenvalue weighted by Crippen LogP contribution is 2.47. The average molecular weight is 492 g/mol. The first-order valence-electron chi connectivity index (χ1n) is 10.6. The van der Waals surface area contributed by atoms with Crippen molar-refractivity contribution >= 4 is 34.5 Å². The minimum Gasteiger partial charge on any atom is -0.495 e. The molecule has 0 saturated heterocycles. The van der Waals surface area contributed by atoms with E-state index in [1.54, 1.807) is 47.4 Å². The Morgan fingerprint density at radius 1 is 1.12 bits per heavy atom. The number of nitrogens with one attached hydrogen (secondary N) is 1. The van der Waals surface area contributed by atoms with E-state index in [0.29, 0.717) is 29.3 Å². The number of aryl methyl sites for hydroxylation is 1. The van der Waals surface area contributed by atoms with E-state index >= 15 is 0 Å². The predicted molar refractivity (Wildman–Crippen MR) is 136 cm³/mol. The van der Waals surface area contributed by atoms with Gasteiger partial charge in [-0.05, 0) is 48.2 Å². The minimum atomic E-state index is -0.759. The molecule has 2 N–H and O–H groups in total. The summed E-state index contributed by atoms with van der Waals surface area (Å²) < 4.78 is 6.42. The van der Waals surface area contributed by atoms with Crippen molar-refractivity contribution in [3.8, 4) is 17.3 Å². The number of aromatic hydroxyl groups is 1. The summed E-state index contributed by atoms with van der Waals surface area (Å²) in [6, 6.07) is 16.6. The van der Waals surface area contributed by atoms with Crippen molar-refractivity contribution in [2.75, 3.05) is 7.11 Å². The first-order valence-corrected chi connectivity index (χ1v) is 12.3. The average Bonchev–Trinajstić information content (AvgIpc) is 3.16. The number of methoxy groups -OCH3 is 1. The third-order valence-electron chi connectivity index (χ3n) is 5.66. The monoisotopic (exact) mass is 491 g/mol. The molecule has 0 saturated carbocycles. The summed E-state index contributed by atoms with van der Waals surface area (Å²) in [5, 5.41) is 13.3. The lowest BCUT2D eigenvalue weighted by atomic mass is 10.0. The third kappa shape index (κ3) is 3.86. The number of hydrogen-bond acceptors (Lipinski definition) is 7. The number of aromatic nitrogens is 2. The third-order valence-corrected chi connectivity index (χ3v) is 8.23. The second kappa shape index (κ2) is 9.00. The Kier molecular flexibility index (Phi) is 5.89. The van der Waals surface area contributed by atoms with Crippen LogP contribution in [0.1, 0.15) is 27.7 Å². The number of aromatic amines is 1. The molecule has 9 heteroatoms. The minimum absolute atomic E-state index is 0.00663. The molecule has 0 aliphatic carbocycles. The fourth-order valence-corrected chi connectivity index (χ4v) is 6.50. The van der Waals surface area contributed by atoms with Crippen molar-refractivity contribution in [3.05, 3.63) is 96.8 Å². The molecule has 1 atom stereocenters. The summed E-state index contributed by atoms with van der Waals surface area (Å²) in [7, 11) is 1.48. The van der Waals surface area contributed by atoms with Gasteiger partial charge in [0.05, 0.1) is 24.2 Å². The Hall–Kier alpha value is -3.56. The van der Waals surface area contributed by atoms with Gasteiger partial charge in [0.15, 0.2) is 0 Å². The molecule has 2 aromatic heterocycles. The van der Waals surface area contributed by atoms with Crippen LogP contribution in [0.15, 0.2) is 79.5 Å². The predicted octanol–water partition coefficient (Wildman–Crippen LogP) is 4.97. The molecule has 172 valence electrons. The molecule has 2 aromatic carbocycles. The van der Waals surface area contributed by atoms with E-state index in [2.05, 4.69) is 18.0 Å². The molecule has 0 unspecified atom stereocenters. The molecule has 1 aliphatic rings. The van der Waals surface area contributed by atoms with Gasteiger partial charge in [-0.3, -0.25) is 14.8 Å². The fraction of sp³-hybridized carbons (Fsp3) is 0.160. The summed E-state index contributed by atoms with van der Waals surface area (Å²) in [6.45, 7) is 2.06. The van der Waals surface area contributed by atoms with Crippen molar-refractivity contribution in [1.82, 2.24) is 9.55 Å². The van der Waals surface area contributed by atoms with Crippen molar-refractivity contribution in [3.63, 3.8) is 0 Å². The molecule has 1 aliphatic heterocycles. The summed E-state index contributed by atoms with van der Waals surface area (Å²) in [6.07, 6.45) is 0.404. The van der Waals surface area contributed by atoms with Crippen LogP contribution in [-0.4, -0.2) is 27.5 Å². The molecule has 7 nitrogen and oxygen atoms in total. The van der Waals surface area contributed by atoms with E-state index in [-0.39, 0.29) is 10.8 Å². The van der Waals surface area contributed by atoms with Crippen LogP contribution in [-0.2, 0) is 0 Å². The fourth-order valence-electron chi connectivity index (χ4n) is 4.05. The maximum Gasteiger partial charge on any atom is 0.335 e. The van der Waals surface area contributed by atoms with Gasteiger partial charge in [-0.1, -0.05) is 24.3 Å².